The van der Waals surface area contributed by atoms with E-state index in [1.807, 2.05) is 6.92 Å². The molecular formula is C25H29NO5. The van der Waals surface area contributed by atoms with Crippen LogP contribution in [0, 0.1) is 12.8 Å². The lowest BCUT2D eigenvalue weighted by molar-refractivity contribution is -0.136. The van der Waals surface area contributed by atoms with Crippen LogP contribution in [-0.4, -0.2) is 18.9 Å². The molecule has 0 fully saturated rings. The summed E-state index contributed by atoms with van der Waals surface area (Å²) in [6, 6.07) is 6.69. The standard InChI is InChI=1S/C25H29NO5/c1-13(2)10-11-19(27)21-15(4)26-16(5)22(25(29)30-6)23(21)18-9-7-8-17-20(28)12-14(3)31-24(17)18/h7-9,12-13,23,26H,10-11H2,1-6H3. The van der Waals surface area contributed by atoms with Gasteiger partial charge >= 0.3 is 5.97 Å². The van der Waals surface area contributed by atoms with Gasteiger partial charge in [0.15, 0.2) is 11.2 Å². The van der Waals surface area contributed by atoms with Gasteiger partial charge in [0.2, 0.25) is 0 Å². The zero-order valence-corrected chi connectivity index (χ0v) is 18.9. The van der Waals surface area contributed by atoms with E-state index in [2.05, 4.69) is 19.2 Å². The molecule has 1 atom stereocenters. The summed E-state index contributed by atoms with van der Waals surface area (Å²) >= 11 is 0. The predicted molar refractivity (Wildman–Crippen MR) is 120 cm³/mol. The maximum absolute atomic E-state index is 13.4. The Morgan fingerprint density at radius 3 is 2.45 bits per heavy atom. The van der Waals surface area contributed by atoms with Gasteiger partial charge in [-0.25, -0.2) is 4.79 Å². The lowest BCUT2D eigenvalue weighted by Gasteiger charge is -2.31. The molecule has 1 aromatic carbocycles. The number of para-hydroxylation sites is 1. The Morgan fingerprint density at radius 2 is 1.81 bits per heavy atom. The Bertz CT molecular complexity index is 1170. The van der Waals surface area contributed by atoms with Crippen LogP contribution in [0.1, 0.15) is 57.8 Å². The number of hydrogen-bond acceptors (Lipinski definition) is 6. The van der Waals surface area contributed by atoms with E-state index in [0.29, 0.717) is 57.2 Å². The number of allylic oxidation sites excluding steroid dienone is 3. The molecule has 1 aliphatic rings. The number of benzene rings is 1. The molecule has 1 aromatic heterocycles. The van der Waals surface area contributed by atoms with Crippen LogP contribution in [0.4, 0.5) is 0 Å². The second kappa shape index (κ2) is 8.92. The highest BCUT2D eigenvalue weighted by Gasteiger charge is 2.38. The number of fused-ring (bicyclic) bond motifs is 1. The first-order valence-electron chi connectivity index (χ1n) is 10.5. The van der Waals surface area contributed by atoms with Gasteiger partial charge < -0.3 is 14.5 Å². The van der Waals surface area contributed by atoms with Crippen molar-refractivity contribution in [3.8, 4) is 0 Å². The number of carbonyl (C=O) groups excluding carboxylic acids is 2. The number of esters is 1. The highest BCUT2D eigenvalue weighted by molar-refractivity contribution is 6.04. The van der Waals surface area contributed by atoms with Gasteiger partial charge in [0, 0.05) is 35.0 Å². The largest absolute Gasteiger partial charge is 0.466 e. The summed E-state index contributed by atoms with van der Waals surface area (Å²) in [6.07, 6.45) is 1.10. The van der Waals surface area contributed by atoms with E-state index in [4.69, 9.17) is 9.15 Å². The minimum absolute atomic E-state index is 0.0374. The van der Waals surface area contributed by atoms with Crippen molar-refractivity contribution in [1.29, 1.82) is 0 Å². The van der Waals surface area contributed by atoms with Gasteiger partial charge in [0.25, 0.3) is 0 Å². The van der Waals surface area contributed by atoms with Crippen LogP contribution in [0.5, 0.6) is 0 Å². The Kier molecular flexibility index (Phi) is 6.48. The molecule has 31 heavy (non-hydrogen) atoms. The van der Waals surface area contributed by atoms with E-state index in [1.165, 1.54) is 13.2 Å². The number of rotatable bonds is 6. The first-order valence-corrected chi connectivity index (χ1v) is 10.5. The first-order chi connectivity index (χ1) is 14.6. The Hall–Kier alpha value is -3.15. The van der Waals surface area contributed by atoms with Gasteiger partial charge in [-0.1, -0.05) is 26.0 Å². The van der Waals surface area contributed by atoms with Crippen LogP contribution >= 0.6 is 0 Å². The van der Waals surface area contributed by atoms with Crippen LogP contribution < -0.4 is 10.7 Å². The summed E-state index contributed by atoms with van der Waals surface area (Å²) in [4.78, 5) is 38.8. The van der Waals surface area contributed by atoms with Crippen molar-refractivity contribution in [2.45, 2.75) is 53.4 Å². The van der Waals surface area contributed by atoms with Crippen LogP contribution in [0.15, 0.2) is 56.0 Å². The number of hydrogen-bond donors (Lipinski definition) is 1. The van der Waals surface area contributed by atoms with Gasteiger partial charge in [0.1, 0.15) is 11.3 Å². The lowest BCUT2D eigenvalue weighted by Crippen LogP contribution is -2.32. The molecule has 0 spiro atoms. The Morgan fingerprint density at radius 1 is 1.13 bits per heavy atom. The maximum atomic E-state index is 13.4. The molecule has 0 amide bonds. The summed E-state index contributed by atoms with van der Waals surface area (Å²) in [5, 5.41) is 3.59. The van der Waals surface area contributed by atoms with Crippen LogP contribution in [-0.2, 0) is 14.3 Å². The average Bonchev–Trinajstić information content (AvgIpc) is 2.70. The van der Waals surface area contributed by atoms with E-state index < -0.39 is 11.9 Å². The fraction of sp³-hybridized carbons (Fsp3) is 0.400. The number of dihydropyridines is 1. The van der Waals surface area contributed by atoms with Crippen molar-refractivity contribution in [3.63, 3.8) is 0 Å². The fourth-order valence-electron chi connectivity index (χ4n) is 4.15. The molecule has 0 saturated heterocycles. The Balaban J connectivity index is 2.30. The topological polar surface area (TPSA) is 85.6 Å². The zero-order valence-electron chi connectivity index (χ0n) is 18.9. The Labute approximate surface area is 182 Å². The van der Waals surface area contributed by atoms with Crippen LogP contribution in [0.2, 0.25) is 0 Å². The van der Waals surface area contributed by atoms with Crippen LogP contribution in [0.3, 0.4) is 0 Å². The number of Topliss-reactive ketones (excluding diaryl/α,β-unsaturated/α-hetero) is 1. The monoisotopic (exact) mass is 423 g/mol. The first kappa shape index (κ1) is 22.5. The minimum Gasteiger partial charge on any atom is -0.466 e. The van der Waals surface area contributed by atoms with E-state index >= 15 is 0 Å². The van der Waals surface area contributed by atoms with E-state index in [-0.39, 0.29) is 11.2 Å². The van der Waals surface area contributed by atoms with E-state index in [1.54, 1.807) is 32.0 Å². The summed E-state index contributed by atoms with van der Waals surface area (Å²) in [5.74, 6) is -0.418. The highest BCUT2D eigenvalue weighted by atomic mass is 16.5. The predicted octanol–water partition coefficient (Wildman–Crippen LogP) is 4.51. The molecule has 2 heterocycles. The van der Waals surface area contributed by atoms with Crippen molar-refractivity contribution in [2.75, 3.05) is 7.11 Å². The molecule has 6 heteroatoms. The van der Waals surface area contributed by atoms with Crippen molar-refractivity contribution in [1.82, 2.24) is 5.32 Å². The van der Waals surface area contributed by atoms with Gasteiger partial charge in [-0.3, -0.25) is 9.59 Å². The van der Waals surface area contributed by atoms with Gasteiger partial charge in [-0.2, -0.15) is 0 Å². The molecule has 6 nitrogen and oxygen atoms in total. The molecule has 0 aliphatic carbocycles. The van der Waals surface area contributed by atoms with Gasteiger partial charge in [-0.05, 0) is 39.2 Å². The number of nitrogens with one attached hydrogen (secondary N) is 1. The maximum Gasteiger partial charge on any atom is 0.336 e. The molecule has 1 unspecified atom stereocenters. The normalized spacial score (nSPS) is 16.7. The smallest absolute Gasteiger partial charge is 0.336 e. The second-order valence-corrected chi connectivity index (χ2v) is 8.43. The SMILES string of the molecule is COC(=O)C1=C(C)NC(C)=C(C(=O)CCC(C)C)C1c1cccc2c(=O)cc(C)oc12. The third-order valence-electron chi connectivity index (χ3n) is 5.63. The van der Waals surface area contributed by atoms with Crippen molar-refractivity contribution >= 4 is 22.7 Å². The molecule has 1 N–H and O–H groups in total. The van der Waals surface area contributed by atoms with E-state index in [9.17, 15) is 14.4 Å². The summed E-state index contributed by atoms with van der Waals surface area (Å²) in [5.41, 5.74) is 2.98. The summed E-state index contributed by atoms with van der Waals surface area (Å²) in [6.45, 7) is 9.46. The number of ketones is 1. The third kappa shape index (κ3) is 4.33. The quantitative estimate of drug-likeness (QED) is 0.688. The molecular weight excluding hydrogens is 394 g/mol. The second-order valence-electron chi connectivity index (χ2n) is 8.43. The summed E-state index contributed by atoms with van der Waals surface area (Å²) in [7, 11) is 1.32. The lowest BCUT2D eigenvalue weighted by atomic mass is 9.77. The summed E-state index contributed by atoms with van der Waals surface area (Å²) < 4.78 is 11.0. The minimum atomic E-state index is -0.693. The third-order valence-corrected chi connectivity index (χ3v) is 5.63. The molecule has 0 saturated carbocycles. The highest BCUT2D eigenvalue weighted by Crippen LogP contribution is 2.42. The number of aryl methyl sites for hydroxylation is 1. The molecule has 2 aromatic rings. The van der Waals surface area contributed by atoms with E-state index in [0.717, 1.165) is 6.42 Å². The average molecular weight is 424 g/mol. The van der Waals surface area contributed by atoms with Crippen LogP contribution in [0.25, 0.3) is 11.0 Å². The van der Waals surface area contributed by atoms with Crippen molar-refractivity contribution < 1.29 is 18.7 Å². The zero-order chi connectivity index (χ0) is 22.9. The molecule has 1 aliphatic heterocycles. The molecule has 0 radical (unpaired) electrons. The molecule has 164 valence electrons. The van der Waals surface area contributed by atoms with Gasteiger partial charge in [-0.15, -0.1) is 0 Å². The molecule has 3 rings (SSSR count). The molecule has 0 bridgehead atoms. The van der Waals surface area contributed by atoms with Gasteiger partial charge in [0.05, 0.1) is 24.0 Å². The van der Waals surface area contributed by atoms with Crippen molar-refractivity contribution in [3.05, 3.63) is 68.4 Å². The number of methoxy groups -OCH3 is 1. The van der Waals surface area contributed by atoms with Crippen molar-refractivity contribution in [2.24, 2.45) is 5.92 Å². The fourth-order valence-corrected chi connectivity index (χ4v) is 4.15. The number of ether oxygens (including phenoxy) is 1. The number of carbonyl (C=O) groups is 2.